The maximum atomic E-state index is 12.0. The van der Waals surface area contributed by atoms with Crippen LogP contribution in [0.15, 0.2) is 30.3 Å². The lowest BCUT2D eigenvalue weighted by atomic mass is 10.1. The normalized spacial score (nSPS) is 12.2. The second-order valence-corrected chi connectivity index (χ2v) is 8.19. The zero-order valence-electron chi connectivity index (χ0n) is 18.6. The number of carbonyl (C=O) groups excluding carboxylic acids is 5. The van der Waals surface area contributed by atoms with Gasteiger partial charge in [-0.25, -0.2) is 0 Å². The highest BCUT2D eigenvalue weighted by atomic mass is 32.2. The second kappa shape index (κ2) is 15.6. The number of rotatable bonds is 15. The summed E-state index contributed by atoms with van der Waals surface area (Å²) >= 11 is 1.51. The Morgan fingerprint density at radius 3 is 2.03 bits per heavy atom. The highest BCUT2D eigenvalue weighted by molar-refractivity contribution is 7.98. The minimum Gasteiger partial charge on any atom is -0.368 e. The summed E-state index contributed by atoms with van der Waals surface area (Å²) in [6, 6.07) is 8.00. The number of amides is 5. The van der Waals surface area contributed by atoms with Crippen LogP contribution in [0.3, 0.4) is 0 Å². The highest BCUT2D eigenvalue weighted by Crippen LogP contribution is 2.04. The molecule has 0 aliphatic heterocycles. The van der Waals surface area contributed by atoms with Crippen LogP contribution in [-0.4, -0.2) is 73.3 Å². The van der Waals surface area contributed by atoms with Gasteiger partial charge in [-0.2, -0.15) is 11.8 Å². The van der Waals surface area contributed by atoms with Crippen molar-refractivity contribution >= 4 is 41.3 Å². The van der Waals surface area contributed by atoms with Crippen molar-refractivity contribution in [2.45, 2.75) is 31.3 Å². The smallest absolute Gasteiger partial charge is 0.240 e. The number of hydrogen-bond donors (Lipinski definition) is 6. The molecule has 1 rings (SSSR count). The van der Waals surface area contributed by atoms with Crippen molar-refractivity contribution in [1.82, 2.24) is 21.3 Å². The van der Waals surface area contributed by atoms with Gasteiger partial charge in [0.15, 0.2) is 0 Å². The summed E-state index contributed by atoms with van der Waals surface area (Å²) in [6.45, 7) is -1.08. The van der Waals surface area contributed by atoms with Gasteiger partial charge < -0.3 is 32.7 Å². The third kappa shape index (κ3) is 12.5. The summed E-state index contributed by atoms with van der Waals surface area (Å²) in [4.78, 5) is 58.8. The van der Waals surface area contributed by atoms with E-state index in [9.17, 15) is 24.0 Å². The third-order valence-electron chi connectivity index (χ3n) is 4.53. The first-order valence-electron chi connectivity index (χ1n) is 10.4. The zero-order valence-corrected chi connectivity index (χ0v) is 19.4. The molecular weight excluding hydrogens is 448 g/mol. The Morgan fingerprint density at radius 2 is 1.45 bits per heavy atom. The molecule has 0 saturated carbocycles. The molecule has 1 aromatic carbocycles. The number of carbonyl (C=O) groups is 5. The molecule has 5 amide bonds. The Balaban J connectivity index is 2.22. The molecule has 1 unspecified atom stereocenters. The standard InChI is InChI=1S/C21H32N6O5S/c1-33-10-9-16(20(23)31)27-19(30)13-25-17(28)11-24-18(29)12-26-21(32)15(22)8-7-14-5-3-2-4-6-14/h2-6,15-16H,7-13,22H2,1H3,(H2,23,31)(H,24,29)(H,25,28)(H,26,32)(H,27,30)/t15?,16-/m0/s1. The van der Waals surface area contributed by atoms with Crippen LogP contribution in [0.25, 0.3) is 0 Å². The summed E-state index contributed by atoms with van der Waals surface area (Å²) < 4.78 is 0. The number of aryl methyl sites for hydroxylation is 1. The molecule has 12 heteroatoms. The first kappa shape index (κ1) is 27.9. The Labute approximate surface area is 197 Å². The van der Waals surface area contributed by atoms with Crippen LogP contribution in [0.4, 0.5) is 0 Å². The largest absolute Gasteiger partial charge is 0.368 e. The van der Waals surface area contributed by atoms with Crippen LogP contribution in [0, 0.1) is 0 Å². The molecule has 0 heterocycles. The highest BCUT2D eigenvalue weighted by Gasteiger charge is 2.18. The minimum atomic E-state index is -0.816. The molecule has 0 saturated heterocycles. The molecule has 2 atom stereocenters. The molecule has 0 radical (unpaired) electrons. The van der Waals surface area contributed by atoms with E-state index in [1.165, 1.54) is 11.8 Å². The Kier molecular flexibility index (Phi) is 13.2. The maximum absolute atomic E-state index is 12.0. The first-order valence-corrected chi connectivity index (χ1v) is 11.8. The van der Waals surface area contributed by atoms with E-state index in [-0.39, 0.29) is 19.6 Å². The van der Waals surface area contributed by atoms with Gasteiger partial charge in [0.05, 0.1) is 25.7 Å². The van der Waals surface area contributed by atoms with Crippen molar-refractivity contribution in [1.29, 1.82) is 0 Å². The molecule has 182 valence electrons. The van der Waals surface area contributed by atoms with Crippen molar-refractivity contribution in [3.63, 3.8) is 0 Å². The summed E-state index contributed by atoms with van der Waals surface area (Å²) in [5, 5.41) is 9.52. The van der Waals surface area contributed by atoms with Crippen molar-refractivity contribution in [3.8, 4) is 0 Å². The molecule has 8 N–H and O–H groups in total. The Bertz CT molecular complexity index is 808. The molecular formula is C21H32N6O5S. The van der Waals surface area contributed by atoms with E-state index in [0.717, 1.165) is 5.56 Å². The van der Waals surface area contributed by atoms with E-state index in [4.69, 9.17) is 11.5 Å². The van der Waals surface area contributed by atoms with E-state index >= 15 is 0 Å². The van der Waals surface area contributed by atoms with E-state index in [2.05, 4.69) is 21.3 Å². The van der Waals surface area contributed by atoms with E-state index in [0.29, 0.717) is 25.0 Å². The van der Waals surface area contributed by atoms with Gasteiger partial charge in [-0.15, -0.1) is 0 Å². The molecule has 0 aliphatic rings. The number of nitrogens with one attached hydrogen (secondary N) is 4. The van der Waals surface area contributed by atoms with Gasteiger partial charge in [-0.3, -0.25) is 24.0 Å². The number of benzene rings is 1. The lowest BCUT2D eigenvalue weighted by Gasteiger charge is -2.15. The fourth-order valence-electron chi connectivity index (χ4n) is 2.65. The summed E-state index contributed by atoms with van der Waals surface area (Å²) in [5.41, 5.74) is 12.1. The van der Waals surface area contributed by atoms with Crippen LogP contribution in [0.5, 0.6) is 0 Å². The number of thioether (sulfide) groups is 1. The molecule has 0 fully saturated rings. The van der Waals surface area contributed by atoms with Crippen molar-refractivity contribution in [3.05, 3.63) is 35.9 Å². The molecule has 0 aromatic heterocycles. The van der Waals surface area contributed by atoms with Gasteiger partial charge in [0, 0.05) is 0 Å². The molecule has 1 aromatic rings. The zero-order chi connectivity index (χ0) is 24.6. The van der Waals surface area contributed by atoms with Gasteiger partial charge in [-0.05, 0) is 36.8 Å². The van der Waals surface area contributed by atoms with Crippen molar-refractivity contribution in [2.75, 3.05) is 31.6 Å². The lowest BCUT2D eigenvalue weighted by molar-refractivity contribution is -0.129. The predicted molar refractivity (Wildman–Crippen MR) is 126 cm³/mol. The van der Waals surface area contributed by atoms with E-state index in [1.807, 2.05) is 36.6 Å². The van der Waals surface area contributed by atoms with Crippen LogP contribution >= 0.6 is 11.8 Å². The topological polar surface area (TPSA) is 186 Å². The SMILES string of the molecule is CSCC[C@H](NC(=O)CNC(=O)CNC(=O)CNC(=O)C(N)CCc1ccccc1)C(N)=O. The monoisotopic (exact) mass is 480 g/mol. The van der Waals surface area contributed by atoms with Crippen LogP contribution in [0.2, 0.25) is 0 Å². The van der Waals surface area contributed by atoms with Gasteiger partial charge in [-0.1, -0.05) is 30.3 Å². The summed E-state index contributed by atoms with van der Waals surface area (Å²) in [5.74, 6) is -2.24. The van der Waals surface area contributed by atoms with Gasteiger partial charge in [0.1, 0.15) is 6.04 Å². The fraction of sp³-hybridized carbons (Fsp3) is 0.476. The molecule has 0 spiro atoms. The van der Waals surface area contributed by atoms with Crippen molar-refractivity contribution < 1.29 is 24.0 Å². The molecule has 0 bridgehead atoms. The van der Waals surface area contributed by atoms with Crippen LogP contribution < -0.4 is 32.7 Å². The maximum Gasteiger partial charge on any atom is 0.240 e. The quantitative estimate of drug-likeness (QED) is 0.168. The molecule has 33 heavy (non-hydrogen) atoms. The van der Waals surface area contributed by atoms with Gasteiger partial charge in [0.2, 0.25) is 29.5 Å². The summed E-state index contributed by atoms with van der Waals surface area (Å²) in [7, 11) is 0. The average Bonchev–Trinajstić information content (AvgIpc) is 2.81. The van der Waals surface area contributed by atoms with Gasteiger partial charge >= 0.3 is 0 Å². The summed E-state index contributed by atoms with van der Waals surface area (Å²) in [6.07, 6.45) is 3.30. The van der Waals surface area contributed by atoms with Crippen molar-refractivity contribution in [2.24, 2.45) is 11.5 Å². The van der Waals surface area contributed by atoms with Crippen LogP contribution in [0.1, 0.15) is 18.4 Å². The lowest BCUT2D eigenvalue weighted by Crippen LogP contribution is -2.49. The van der Waals surface area contributed by atoms with E-state index < -0.39 is 41.6 Å². The third-order valence-corrected chi connectivity index (χ3v) is 5.17. The second-order valence-electron chi connectivity index (χ2n) is 7.21. The number of hydrogen-bond acceptors (Lipinski definition) is 7. The number of primary amides is 1. The Morgan fingerprint density at radius 1 is 0.879 bits per heavy atom. The Hall–Kier alpha value is -3.12. The minimum absolute atomic E-state index is 0.332. The van der Waals surface area contributed by atoms with Crippen LogP contribution in [-0.2, 0) is 30.4 Å². The van der Waals surface area contributed by atoms with E-state index in [1.54, 1.807) is 0 Å². The van der Waals surface area contributed by atoms with Gasteiger partial charge in [0.25, 0.3) is 0 Å². The predicted octanol–water partition coefficient (Wildman–Crippen LogP) is -1.98. The number of nitrogens with two attached hydrogens (primary N) is 2. The average molecular weight is 481 g/mol. The molecule has 0 aliphatic carbocycles. The first-order chi connectivity index (χ1) is 15.7. The molecule has 11 nitrogen and oxygen atoms in total. The fourth-order valence-corrected chi connectivity index (χ4v) is 3.12.